The van der Waals surface area contributed by atoms with Crippen LogP contribution in [0.2, 0.25) is 0 Å². The van der Waals surface area contributed by atoms with Crippen molar-refractivity contribution in [3.63, 3.8) is 0 Å². The second-order valence-electron chi connectivity index (χ2n) is 4.61. The number of carbonyl (C=O) groups is 1. The van der Waals surface area contributed by atoms with Gasteiger partial charge in [-0.15, -0.1) is 0 Å². The molecule has 0 heterocycles. The van der Waals surface area contributed by atoms with E-state index in [0.29, 0.717) is 5.92 Å². The molecule has 2 fully saturated rings. The average molecular weight is 168 g/mol. The van der Waals surface area contributed by atoms with Crippen molar-refractivity contribution in [2.24, 2.45) is 29.6 Å². The smallest absolute Gasteiger partial charge is 0.306 e. The first kappa shape index (κ1) is 8.09. The van der Waals surface area contributed by atoms with Gasteiger partial charge in [0.1, 0.15) is 0 Å². The summed E-state index contributed by atoms with van der Waals surface area (Å²) in [6, 6.07) is 0. The average Bonchev–Trinajstić information content (AvgIpc) is 2.48. The van der Waals surface area contributed by atoms with E-state index in [1.807, 2.05) is 6.92 Å². The zero-order chi connectivity index (χ0) is 8.88. The van der Waals surface area contributed by atoms with Crippen LogP contribution in [0.25, 0.3) is 0 Å². The maximum atomic E-state index is 10.7. The van der Waals surface area contributed by atoms with E-state index in [9.17, 15) is 4.79 Å². The van der Waals surface area contributed by atoms with Gasteiger partial charge in [0.15, 0.2) is 0 Å². The number of rotatable bonds is 2. The Morgan fingerprint density at radius 3 is 2.33 bits per heavy atom. The molecule has 5 atom stereocenters. The van der Waals surface area contributed by atoms with Gasteiger partial charge >= 0.3 is 5.97 Å². The van der Waals surface area contributed by atoms with E-state index in [1.165, 1.54) is 12.8 Å². The molecule has 2 heteroatoms. The zero-order valence-corrected chi connectivity index (χ0v) is 7.66. The molecule has 1 N–H and O–H groups in total. The maximum absolute atomic E-state index is 10.7. The molecule has 0 spiro atoms. The maximum Gasteiger partial charge on any atom is 0.306 e. The first-order valence-electron chi connectivity index (χ1n) is 4.84. The lowest BCUT2D eigenvalue weighted by Crippen LogP contribution is -2.15. The van der Waals surface area contributed by atoms with Gasteiger partial charge in [0.2, 0.25) is 0 Å². The molecule has 68 valence electrons. The minimum Gasteiger partial charge on any atom is -0.481 e. The van der Waals surface area contributed by atoms with Crippen molar-refractivity contribution in [3.8, 4) is 0 Å². The van der Waals surface area contributed by atoms with E-state index in [0.717, 1.165) is 17.8 Å². The summed E-state index contributed by atoms with van der Waals surface area (Å²) in [5, 5.41) is 8.81. The first-order valence-corrected chi connectivity index (χ1v) is 4.84. The molecule has 0 bridgehead atoms. The predicted molar refractivity (Wildman–Crippen MR) is 45.7 cm³/mol. The van der Waals surface area contributed by atoms with Gasteiger partial charge < -0.3 is 5.11 Å². The van der Waals surface area contributed by atoms with Crippen LogP contribution in [-0.4, -0.2) is 11.1 Å². The summed E-state index contributed by atoms with van der Waals surface area (Å²) in [4.78, 5) is 10.7. The molecule has 12 heavy (non-hydrogen) atoms. The van der Waals surface area contributed by atoms with Gasteiger partial charge in [-0.3, -0.25) is 4.79 Å². The van der Waals surface area contributed by atoms with Crippen LogP contribution in [0.3, 0.4) is 0 Å². The Hall–Kier alpha value is -0.530. The lowest BCUT2D eigenvalue weighted by Gasteiger charge is -2.11. The van der Waals surface area contributed by atoms with Crippen LogP contribution in [0.15, 0.2) is 0 Å². The molecule has 2 saturated carbocycles. The number of aliphatic carboxylic acids is 1. The van der Waals surface area contributed by atoms with Gasteiger partial charge in [0, 0.05) is 0 Å². The summed E-state index contributed by atoms with van der Waals surface area (Å²) >= 11 is 0. The standard InChI is InChI=1S/C10H16O2/c1-5-3-7-8(4-5)9(7)6(2)10(11)12/h5-9H,3-4H2,1-2H3,(H,11,12)/t5?,6?,7-,8+,9?. The van der Waals surface area contributed by atoms with Gasteiger partial charge in [-0.1, -0.05) is 13.8 Å². The summed E-state index contributed by atoms with van der Waals surface area (Å²) in [6.45, 7) is 4.13. The van der Waals surface area contributed by atoms with E-state index in [4.69, 9.17) is 5.11 Å². The third kappa shape index (κ3) is 1.05. The van der Waals surface area contributed by atoms with Crippen LogP contribution >= 0.6 is 0 Å². The minimum atomic E-state index is -0.609. The quantitative estimate of drug-likeness (QED) is 0.684. The van der Waals surface area contributed by atoms with Gasteiger partial charge in [-0.25, -0.2) is 0 Å². The van der Waals surface area contributed by atoms with E-state index in [2.05, 4.69) is 6.92 Å². The van der Waals surface area contributed by atoms with Crippen molar-refractivity contribution in [2.45, 2.75) is 26.7 Å². The lowest BCUT2D eigenvalue weighted by atomic mass is 9.95. The Morgan fingerprint density at radius 1 is 1.42 bits per heavy atom. The SMILES string of the molecule is CC1C[C@@H]2C(C(C)C(=O)O)[C@@H]2C1. The Morgan fingerprint density at radius 2 is 1.92 bits per heavy atom. The number of hydrogen-bond acceptors (Lipinski definition) is 1. The second-order valence-corrected chi connectivity index (χ2v) is 4.61. The largest absolute Gasteiger partial charge is 0.481 e. The third-order valence-electron chi connectivity index (χ3n) is 3.71. The molecule has 0 aliphatic heterocycles. The Balaban J connectivity index is 1.93. The number of fused-ring (bicyclic) bond motifs is 1. The molecular weight excluding hydrogens is 152 g/mol. The fraction of sp³-hybridized carbons (Fsp3) is 0.900. The Kier molecular flexibility index (Phi) is 1.67. The number of carboxylic acid groups (broad SMARTS) is 1. The highest BCUT2D eigenvalue weighted by atomic mass is 16.4. The molecule has 0 aromatic heterocycles. The molecule has 2 aliphatic carbocycles. The molecule has 2 rings (SSSR count). The van der Waals surface area contributed by atoms with E-state index in [1.54, 1.807) is 0 Å². The fourth-order valence-corrected chi connectivity index (χ4v) is 3.07. The lowest BCUT2D eigenvalue weighted by molar-refractivity contribution is -0.142. The topological polar surface area (TPSA) is 37.3 Å². The van der Waals surface area contributed by atoms with Crippen LogP contribution in [0.5, 0.6) is 0 Å². The monoisotopic (exact) mass is 168 g/mol. The van der Waals surface area contributed by atoms with Crippen molar-refractivity contribution in [2.75, 3.05) is 0 Å². The Labute approximate surface area is 73.0 Å². The minimum absolute atomic E-state index is 0.104. The van der Waals surface area contributed by atoms with Crippen molar-refractivity contribution in [3.05, 3.63) is 0 Å². The van der Waals surface area contributed by atoms with Gasteiger partial charge in [-0.2, -0.15) is 0 Å². The molecule has 0 saturated heterocycles. The van der Waals surface area contributed by atoms with Crippen LogP contribution in [0.1, 0.15) is 26.7 Å². The van der Waals surface area contributed by atoms with E-state index >= 15 is 0 Å². The third-order valence-corrected chi connectivity index (χ3v) is 3.71. The second kappa shape index (κ2) is 2.48. The fourth-order valence-electron chi connectivity index (χ4n) is 3.07. The normalized spacial score (nSPS) is 46.8. The van der Waals surface area contributed by atoms with Crippen molar-refractivity contribution in [1.82, 2.24) is 0 Å². The predicted octanol–water partition coefficient (Wildman–Crippen LogP) is 2.00. The molecular formula is C10H16O2. The van der Waals surface area contributed by atoms with Crippen LogP contribution in [0, 0.1) is 29.6 Å². The highest BCUT2D eigenvalue weighted by Gasteiger charge is 2.58. The summed E-state index contributed by atoms with van der Waals surface area (Å²) in [6.07, 6.45) is 2.54. The van der Waals surface area contributed by atoms with Crippen LogP contribution in [0.4, 0.5) is 0 Å². The molecule has 0 amide bonds. The molecule has 0 radical (unpaired) electrons. The Bertz CT molecular complexity index is 200. The number of hydrogen-bond donors (Lipinski definition) is 1. The van der Waals surface area contributed by atoms with Crippen LogP contribution < -0.4 is 0 Å². The van der Waals surface area contributed by atoms with Crippen molar-refractivity contribution in [1.29, 1.82) is 0 Å². The van der Waals surface area contributed by atoms with E-state index in [-0.39, 0.29) is 5.92 Å². The molecule has 0 aromatic carbocycles. The highest BCUT2D eigenvalue weighted by Crippen LogP contribution is 2.62. The van der Waals surface area contributed by atoms with Crippen LogP contribution in [-0.2, 0) is 4.79 Å². The summed E-state index contributed by atoms with van der Waals surface area (Å²) < 4.78 is 0. The number of carboxylic acids is 1. The summed E-state index contributed by atoms with van der Waals surface area (Å²) in [5.41, 5.74) is 0. The van der Waals surface area contributed by atoms with Gasteiger partial charge in [0.25, 0.3) is 0 Å². The highest BCUT2D eigenvalue weighted by molar-refractivity contribution is 5.70. The van der Waals surface area contributed by atoms with E-state index < -0.39 is 5.97 Å². The van der Waals surface area contributed by atoms with Gasteiger partial charge in [0.05, 0.1) is 5.92 Å². The molecule has 2 aliphatic rings. The van der Waals surface area contributed by atoms with Gasteiger partial charge in [-0.05, 0) is 36.5 Å². The molecule has 3 unspecified atom stereocenters. The molecule has 2 nitrogen and oxygen atoms in total. The van der Waals surface area contributed by atoms with Crippen molar-refractivity contribution >= 4 is 5.97 Å². The van der Waals surface area contributed by atoms with Crippen molar-refractivity contribution < 1.29 is 9.90 Å². The molecule has 0 aromatic rings. The first-order chi connectivity index (χ1) is 5.61. The summed E-state index contributed by atoms with van der Waals surface area (Å²) in [7, 11) is 0. The zero-order valence-electron chi connectivity index (χ0n) is 7.66. The summed E-state index contributed by atoms with van der Waals surface area (Å²) in [5.74, 6) is 2.16.